The summed E-state index contributed by atoms with van der Waals surface area (Å²) in [6, 6.07) is 7.78. The molecule has 0 bridgehead atoms. The lowest BCUT2D eigenvalue weighted by Crippen LogP contribution is -2.26. The lowest BCUT2D eigenvalue weighted by Gasteiger charge is -2.22. The van der Waals surface area contributed by atoms with Crippen molar-refractivity contribution in [2.75, 3.05) is 5.32 Å². The molecular weight excluding hydrogens is 210 g/mol. The Balaban J connectivity index is 2.75. The minimum absolute atomic E-state index is 0.0189. The SMILES string of the molecule is CCCCC(=O)c1cccc(NC(C)(C)C)c1. The first-order valence-corrected chi connectivity index (χ1v) is 6.34. The molecular formula is C15H23NO. The van der Waals surface area contributed by atoms with E-state index in [0.29, 0.717) is 6.42 Å². The zero-order valence-electron chi connectivity index (χ0n) is 11.3. The molecule has 17 heavy (non-hydrogen) atoms. The van der Waals surface area contributed by atoms with Crippen molar-refractivity contribution in [2.45, 2.75) is 52.5 Å². The van der Waals surface area contributed by atoms with Crippen molar-refractivity contribution in [3.63, 3.8) is 0 Å². The van der Waals surface area contributed by atoms with Gasteiger partial charge in [0.1, 0.15) is 0 Å². The van der Waals surface area contributed by atoms with E-state index in [1.54, 1.807) is 0 Å². The summed E-state index contributed by atoms with van der Waals surface area (Å²) in [6.07, 6.45) is 2.68. The fourth-order valence-electron chi connectivity index (χ4n) is 1.69. The summed E-state index contributed by atoms with van der Waals surface area (Å²) >= 11 is 0. The second-order valence-corrected chi connectivity index (χ2v) is 5.48. The van der Waals surface area contributed by atoms with E-state index in [1.807, 2.05) is 24.3 Å². The number of hydrogen-bond acceptors (Lipinski definition) is 2. The maximum absolute atomic E-state index is 11.9. The lowest BCUT2D eigenvalue weighted by atomic mass is 10.0. The molecule has 94 valence electrons. The van der Waals surface area contributed by atoms with Gasteiger partial charge in [-0.05, 0) is 39.3 Å². The van der Waals surface area contributed by atoms with Gasteiger partial charge in [0, 0.05) is 23.2 Å². The average Bonchev–Trinajstić information content (AvgIpc) is 2.24. The van der Waals surface area contributed by atoms with Gasteiger partial charge in [0.2, 0.25) is 0 Å². The van der Waals surface area contributed by atoms with Crippen LogP contribution in [0.4, 0.5) is 5.69 Å². The van der Waals surface area contributed by atoms with Crippen LogP contribution in [-0.4, -0.2) is 11.3 Å². The number of rotatable bonds is 5. The van der Waals surface area contributed by atoms with Gasteiger partial charge in [-0.25, -0.2) is 0 Å². The summed E-state index contributed by atoms with van der Waals surface area (Å²) in [6.45, 7) is 8.43. The Bertz CT molecular complexity index is 377. The van der Waals surface area contributed by atoms with Crippen molar-refractivity contribution < 1.29 is 4.79 Å². The summed E-state index contributed by atoms with van der Waals surface area (Å²) in [7, 11) is 0. The highest BCUT2D eigenvalue weighted by Gasteiger charge is 2.11. The van der Waals surface area contributed by atoms with Crippen molar-refractivity contribution in [1.29, 1.82) is 0 Å². The van der Waals surface area contributed by atoms with Crippen LogP contribution in [-0.2, 0) is 0 Å². The average molecular weight is 233 g/mol. The molecule has 0 aliphatic heterocycles. The molecule has 0 heterocycles. The summed E-state index contributed by atoms with van der Waals surface area (Å²) in [5.74, 6) is 0.240. The van der Waals surface area contributed by atoms with E-state index in [0.717, 1.165) is 24.1 Å². The molecule has 0 saturated carbocycles. The maximum atomic E-state index is 11.9. The second kappa shape index (κ2) is 5.85. The molecule has 0 amide bonds. The van der Waals surface area contributed by atoms with Gasteiger partial charge in [0.05, 0.1) is 0 Å². The molecule has 0 radical (unpaired) electrons. The molecule has 1 aromatic carbocycles. The monoisotopic (exact) mass is 233 g/mol. The predicted octanol–water partition coefficient (Wildman–Crippen LogP) is 4.27. The molecule has 1 N–H and O–H groups in total. The Morgan fingerprint density at radius 2 is 2.00 bits per heavy atom. The standard InChI is InChI=1S/C15H23NO/c1-5-6-10-14(17)12-8-7-9-13(11-12)16-15(2,3)4/h7-9,11,16H,5-6,10H2,1-4H3. The quantitative estimate of drug-likeness (QED) is 0.769. The normalized spacial score (nSPS) is 11.3. The molecule has 0 fully saturated rings. The third-order valence-electron chi connectivity index (χ3n) is 2.46. The topological polar surface area (TPSA) is 29.1 Å². The second-order valence-electron chi connectivity index (χ2n) is 5.48. The molecule has 2 nitrogen and oxygen atoms in total. The number of benzene rings is 1. The summed E-state index contributed by atoms with van der Waals surface area (Å²) in [4.78, 5) is 11.9. The number of hydrogen-bond donors (Lipinski definition) is 1. The van der Waals surface area contributed by atoms with Crippen LogP contribution in [0.25, 0.3) is 0 Å². The zero-order chi connectivity index (χ0) is 12.9. The molecule has 0 aromatic heterocycles. The molecule has 0 spiro atoms. The van der Waals surface area contributed by atoms with Crippen molar-refractivity contribution in [2.24, 2.45) is 0 Å². The van der Waals surface area contributed by atoms with Crippen LogP contribution >= 0.6 is 0 Å². The first-order chi connectivity index (χ1) is 7.92. The highest BCUT2D eigenvalue weighted by atomic mass is 16.1. The number of carbonyl (C=O) groups excluding carboxylic acids is 1. The number of nitrogens with one attached hydrogen (secondary N) is 1. The van der Waals surface area contributed by atoms with E-state index >= 15 is 0 Å². The molecule has 0 atom stereocenters. The van der Waals surface area contributed by atoms with E-state index in [-0.39, 0.29) is 11.3 Å². The van der Waals surface area contributed by atoms with Gasteiger partial charge in [-0.15, -0.1) is 0 Å². The molecule has 1 rings (SSSR count). The van der Waals surface area contributed by atoms with Gasteiger partial charge < -0.3 is 5.32 Å². The largest absolute Gasteiger partial charge is 0.380 e. The molecule has 1 aromatic rings. The van der Waals surface area contributed by atoms with Gasteiger partial charge in [0.25, 0.3) is 0 Å². The molecule has 0 unspecified atom stereocenters. The van der Waals surface area contributed by atoms with Crippen LogP contribution in [0, 0.1) is 0 Å². The third-order valence-corrected chi connectivity index (χ3v) is 2.46. The summed E-state index contributed by atoms with van der Waals surface area (Å²) < 4.78 is 0. The van der Waals surface area contributed by atoms with Crippen LogP contribution in [0.15, 0.2) is 24.3 Å². The molecule has 0 aliphatic carbocycles. The molecule has 0 saturated heterocycles. The Hall–Kier alpha value is -1.31. The van der Waals surface area contributed by atoms with E-state index in [4.69, 9.17) is 0 Å². The number of unbranched alkanes of at least 4 members (excludes halogenated alkanes) is 1. The van der Waals surface area contributed by atoms with Gasteiger partial charge in [-0.2, -0.15) is 0 Å². The smallest absolute Gasteiger partial charge is 0.162 e. The summed E-state index contributed by atoms with van der Waals surface area (Å²) in [5.41, 5.74) is 1.85. The van der Waals surface area contributed by atoms with Crippen LogP contribution in [0.5, 0.6) is 0 Å². The highest BCUT2D eigenvalue weighted by molar-refractivity contribution is 5.96. The fourth-order valence-corrected chi connectivity index (χ4v) is 1.69. The van der Waals surface area contributed by atoms with Crippen LogP contribution < -0.4 is 5.32 Å². The number of ketones is 1. The van der Waals surface area contributed by atoms with Crippen molar-refractivity contribution in [1.82, 2.24) is 0 Å². The van der Waals surface area contributed by atoms with E-state index in [2.05, 4.69) is 33.0 Å². The Morgan fingerprint density at radius 1 is 1.29 bits per heavy atom. The van der Waals surface area contributed by atoms with Gasteiger partial charge >= 0.3 is 0 Å². The van der Waals surface area contributed by atoms with Gasteiger partial charge in [-0.1, -0.05) is 25.5 Å². The maximum Gasteiger partial charge on any atom is 0.162 e. The minimum Gasteiger partial charge on any atom is -0.380 e. The first-order valence-electron chi connectivity index (χ1n) is 6.34. The Kier molecular flexibility index (Phi) is 4.73. The van der Waals surface area contributed by atoms with E-state index < -0.39 is 0 Å². The summed E-state index contributed by atoms with van der Waals surface area (Å²) in [5, 5.41) is 3.38. The van der Waals surface area contributed by atoms with E-state index in [1.165, 1.54) is 0 Å². The first kappa shape index (κ1) is 13.8. The third kappa shape index (κ3) is 5.03. The fraction of sp³-hybridized carbons (Fsp3) is 0.533. The number of carbonyl (C=O) groups is 1. The molecule has 0 aliphatic rings. The number of Topliss-reactive ketones (excluding diaryl/α,β-unsaturated/α-hetero) is 1. The van der Waals surface area contributed by atoms with Crippen LogP contribution in [0.3, 0.4) is 0 Å². The highest BCUT2D eigenvalue weighted by Crippen LogP contribution is 2.17. The number of anilines is 1. The lowest BCUT2D eigenvalue weighted by molar-refractivity contribution is 0.0980. The molecule has 2 heteroatoms. The Labute approximate surface area is 104 Å². The van der Waals surface area contributed by atoms with Crippen LogP contribution in [0.1, 0.15) is 57.3 Å². The Morgan fingerprint density at radius 3 is 2.59 bits per heavy atom. The van der Waals surface area contributed by atoms with Crippen LogP contribution in [0.2, 0.25) is 0 Å². The van der Waals surface area contributed by atoms with E-state index in [9.17, 15) is 4.79 Å². The van der Waals surface area contributed by atoms with Gasteiger partial charge in [-0.3, -0.25) is 4.79 Å². The predicted molar refractivity (Wildman–Crippen MR) is 73.7 cm³/mol. The zero-order valence-corrected chi connectivity index (χ0v) is 11.3. The van der Waals surface area contributed by atoms with Crippen molar-refractivity contribution in [3.8, 4) is 0 Å². The van der Waals surface area contributed by atoms with Gasteiger partial charge in [0.15, 0.2) is 5.78 Å². The minimum atomic E-state index is 0.0189. The van der Waals surface area contributed by atoms with Crippen molar-refractivity contribution in [3.05, 3.63) is 29.8 Å². The van der Waals surface area contributed by atoms with Crippen molar-refractivity contribution >= 4 is 11.5 Å².